The highest BCUT2D eigenvalue weighted by Gasteiger charge is 2.53. The second-order valence-corrected chi connectivity index (χ2v) is 11.8. The largest absolute Gasteiger partial charge is 0.494 e. The maximum atomic E-state index is 14.8. The van der Waals surface area contributed by atoms with Gasteiger partial charge in [0, 0.05) is 41.8 Å². The van der Waals surface area contributed by atoms with Crippen LogP contribution in [0.3, 0.4) is 0 Å². The number of ketones is 1. The van der Waals surface area contributed by atoms with Gasteiger partial charge in [0.05, 0.1) is 13.7 Å². The van der Waals surface area contributed by atoms with Crippen molar-refractivity contribution in [3.63, 3.8) is 0 Å². The van der Waals surface area contributed by atoms with Crippen LogP contribution in [-0.2, 0) is 14.8 Å². The first-order chi connectivity index (χ1) is 15.6. The lowest BCUT2D eigenvalue weighted by atomic mass is 9.60. The molecule has 1 aromatic rings. The third kappa shape index (κ3) is 3.33. The van der Waals surface area contributed by atoms with E-state index in [4.69, 9.17) is 4.74 Å². The number of dihydropyridines is 1. The summed E-state index contributed by atoms with van der Waals surface area (Å²) in [5.74, 6) is -0.218. The monoisotopic (exact) mass is 474 g/mol. The number of fused-ring (bicyclic) bond motifs is 2. The number of hydrogen-bond acceptors (Lipinski definition) is 7. The fraction of sp³-hybridized carbons (Fsp3) is 0.522. The summed E-state index contributed by atoms with van der Waals surface area (Å²) in [6.45, 7) is 4.88. The molecule has 8 nitrogen and oxygen atoms in total. The van der Waals surface area contributed by atoms with E-state index in [1.54, 1.807) is 0 Å². The van der Waals surface area contributed by atoms with Crippen molar-refractivity contribution in [2.24, 2.45) is 21.1 Å². The van der Waals surface area contributed by atoms with Gasteiger partial charge in [-0.1, -0.05) is 19.9 Å². The van der Waals surface area contributed by atoms with Crippen LogP contribution >= 0.6 is 0 Å². The van der Waals surface area contributed by atoms with Crippen LogP contribution in [0.25, 0.3) is 0 Å². The number of carbonyl (C=O) groups is 1. The van der Waals surface area contributed by atoms with Gasteiger partial charge < -0.3 is 10.1 Å². The molecular formula is C23H27FN4O4S. The van der Waals surface area contributed by atoms with Gasteiger partial charge >= 0.3 is 0 Å². The Morgan fingerprint density at radius 3 is 2.61 bits per heavy atom. The Morgan fingerprint density at radius 2 is 1.91 bits per heavy atom. The van der Waals surface area contributed by atoms with E-state index < -0.39 is 26.2 Å². The molecule has 1 N–H and O–H groups in total. The molecule has 0 amide bonds. The molecule has 1 aliphatic carbocycles. The molecule has 176 valence electrons. The van der Waals surface area contributed by atoms with Gasteiger partial charge in [-0.15, -0.1) is 5.11 Å². The number of benzene rings is 1. The number of azo groups is 1. The number of methoxy groups -OCH3 is 1. The average Bonchev–Trinajstić information content (AvgIpc) is 3.22. The number of rotatable bonds is 3. The van der Waals surface area contributed by atoms with E-state index in [9.17, 15) is 17.6 Å². The van der Waals surface area contributed by atoms with Crippen LogP contribution in [0, 0.1) is 16.6 Å². The minimum absolute atomic E-state index is 0.0994. The van der Waals surface area contributed by atoms with Gasteiger partial charge in [-0.05, 0) is 36.8 Å². The molecule has 10 heteroatoms. The van der Waals surface area contributed by atoms with Crippen molar-refractivity contribution in [1.29, 1.82) is 0 Å². The van der Waals surface area contributed by atoms with Crippen LogP contribution in [-0.4, -0.2) is 45.3 Å². The molecule has 1 saturated heterocycles. The third-order valence-corrected chi connectivity index (χ3v) is 9.14. The van der Waals surface area contributed by atoms with Gasteiger partial charge in [0.1, 0.15) is 4.90 Å². The average molecular weight is 475 g/mol. The van der Waals surface area contributed by atoms with Crippen LogP contribution in [0.5, 0.6) is 5.75 Å². The minimum atomic E-state index is -4.07. The van der Waals surface area contributed by atoms with E-state index in [2.05, 4.69) is 29.4 Å². The fourth-order valence-electron chi connectivity index (χ4n) is 5.71. The van der Waals surface area contributed by atoms with Crippen LogP contribution < -0.4 is 10.1 Å². The molecule has 0 saturated carbocycles. The first-order valence-corrected chi connectivity index (χ1v) is 12.5. The SMILES string of the molecule is COc1cccc(S(=O)(=O)N2CCC3(CC2)C2=C(N=NC2)NC2=C3C(=O)CC(C)(C)C2)c1F. The predicted molar refractivity (Wildman–Crippen MR) is 118 cm³/mol. The molecule has 3 heterocycles. The summed E-state index contributed by atoms with van der Waals surface area (Å²) in [6, 6.07) is 4.11. The number of hydrogen-bond donors (Lipinski definition) is 1. The second-order valence-electron chi connectivity index (χ2n) is 9.90. The van der Waals surface area contributed by atoms with Crippen LogP contribution in [0.4, 0.5) is 4.39 Å². The molecule has 33 heavy (non-hydrogen) atoms. The highest BCUT2D eigenvalue weighted by atomic mass is 32.2. The lowest BCUT2D eigenvalue weighted by Gasteiger charge is -2.48. The number of sulfonamides is 1. The number of Topliss-reactive ketones (excluding diaryl/α,β-unsaturated/α-hetero) is 1. The van der Waals surface area contributed by atoms with Gasteiger partial charge in [0.25, 0.3) is 0 Å². The molecule has 3 aliphatic heterocycles. The molecule has 0 atom stereocenters. The van der Waals surface area contributed by atoms with E-state index in [1.165, 1.54) is 29.6 Å². The maximum Gasteiger partial charge on any atom is 0.246 e. The quantitative estimate of drug-likeness (QED) is 0.722. The summed E-state index contributed by atoms with van der Waals surface area (Å²) < 4.78 is 47.6. The number of carbonyl (C=O) groups excluding carboxylic acids is 1. The molecule has 1 aromatic carbocycles. The maximum absolute atomic E-state index is 14.8. The van der Waals surface area contributed by atoms with Gasteiger partial charge in [0.2, 0.25) is 10.0 Å². The van der Waals surface area contributed by atoms with Crippen molar-refractivity contribution >= 4 is 15.8 Å². The minimum Gasteiger partial charge on any atom is -0.494 e. The first-order valence-electron chi connectivity index (χ1n) is 11.1. The van der Waals surface area contributed by atoms with Crippen LogP contribution in [0.1, 0.15) is 39.5 Å². The number of nitrogens with one attached hydrogen (secondary N) is 1. The third-order valence-electron chi connectivity index (χ3n) is 7.23. The Balaban J connectivity index is 1.50. The molecular weight excluding hydrogens is 447 g/mol. The standard InChI is InChI=1S/C23H27FN4O4S/c1-22(2)11-15-19(16(29)12-22)23(14-13-25-27-21(14)26-15)7-9-28(10-8-23)33(30,31)18-6-4-5-17(32-3)20(18)24/h4-6,26H,7-13H2,1-3H3. The zero-order chi connectivity index (χ0) is 23.6. The zero-order valence-electron chi connectivity index (χ0n) is 18.9. The van der Waals surface area contributed by atoms with E-state index in [0.29, 0.717) is 31.6 Å². The molecule has 5 rings (SSSR count). The van der Waals surface area contributed by atoms with E-state index in [0.717, 1.165) is 23.3 Å². The number of halogens is 1. The Morgan fingerprint density at radius 1 is 1.18 bits per heavy atom. The molecule has 4 aliphatic rings. The summed E-state index contributed by atoms with van der Waals surface area (Å²) in [5, 5.41) is 11.8. The second kappa shape index (κ2) is 7.46. The van der Waals surface area contributed by atoms with Crippen molar-refractivity contribution in [3.8, 4) is 5.75 Å². The molecule has 0 aromatic heterocycles. The highest BCUT2D eigenvalue weighted by Crippen LogP contribution is 2.55. The number of piperidine rings is 1. The zero-order valence-corrected chi connectivity index (χ0v) is 19.8. The molecule has 1 spiro atoms. The topological polar surface area (TPSA) is 100 Å². The van der Waals surface area contributed by atoms with Crippen molar-refractivity contribution in [1.82, 2.24) is 9.62 Å². The lowest BCUT2D eigenvalue weighted by molar-refractivity contribution is -0.119. The van der Waals surface area contributed by atoms with Crippen molar-refractivity contribution in [3.05, 3.63) is 46.7 Å². The Bertz CT molecular complexity index is 1240. The summed E-state index contributed by atoms with van der Waals surface area (Å²) in [4.78, 5) is 12.9. The van der Waals surface area contributed by atoms with Crippen molar-refractivity contribution < 1.29 is 22.3 Å². The number of allylic oxidation sites excluding steroid dienone is 2. The van der Waals surface area contributed by atoms with E-state index in [1.807, 2.05) is 0 Å². The van der Waals surface area contributed by atoms with E-state index in [-0.39, 0.29) is 30.0 Å². The van der Waals surface area contributed by atoms with Crippen LogP contribution in [0.2, 0.25) is 0 Å². The number of nitrogens with zero attached hydrogens (tertiary/aromatic N) is 3. The van der Waals surface area contributed by atoms with Gasteiger partial charge in [-0.3, -0.25) is 4.79 Å². The summed E-state index contributed by atoms with van der Waals surface area (Å²) in [7, 11) is -2.77. The van der Waals surface area contributed by atoms with Gasteiger partial charge in [-0.2, -0.15) is 9.42 Å². The smallest absolute Gasteiger partial charge is 0.246 e. The van der Waals surface area contributed by atoms with Crippen molar-refractivity contribution in [2.75, 3.05) is 26.7 Å². The molecule has 0 radical (unpaired) electrons. The Kier molecular flexibility index (Phi) is 5.02. The van der Waals surface area contributed by atoms with Gasteiger partial charge in [0.15, 0.2) is 23.2 Å². The first kappa shape index (κ1) is 22.2. The van der Waals surface area contributed by atoms with Crippen LogP contribution in [0.15, 0.2) is 56.0 Å². The normalized spacial score (nSPS) is 24.1. The summed E-state index contributed by atoms with van der Waals surface area (Å²) >= 11 is 0. The fourth-order valence-corrected chi connectivity index (χ4v) is 7.23. The molecule has 0 bridgehead atoms. The molecule has 1 fully saturated rings. The summed E-state index contributed by atoms with van der Waals surface area (Å²) in [6.07, 6.45) is 2.02. The summed E-state index contributed by atoms with van der Waals surface area (Å²) in [5.41, 5.74) is 1.85. The molecule has 0 unspecified atom stereocenters. The Labute approximate surface area is 192 Å². The van der Waals surface area contributed by atoms with Gasteiger partial charge in [-0.25, -0.2) is 12.8 Å². The predicted octanol–water partition coefficient (Wildman–Crippen LogP) is 3.53. The van der Waals surface area contributed by atoms with E-state index >= 15 is 0 Å². The highest BCUT2D eigenvalue weighted by molar-refractivity contribution is 7.89. The number of ether oxygens (including phenoxy) is 1. The lowest BCUT2D eigenvalue weighted by Crippen LogP contribution is -2.50. The van der Waals surface area contributed by atoms with Crippen molar-refractivity contribution in [2.45, 2.75) is 44.4 Å². The Hall–Kier alpha value is -2.59.